The molecule has 28 heteroatoms. The molecule has 14 aromatic rings. The molecule has 1 saturated carbocycles. The van der Waals surface area contributed by atoms with Crippen LogP contribution in [-0.2, 0) is 52.7 Å². The molecule has 1 amide bonds. The highest BCUT2D eigenvalue weighted by Crippen LogP contribution is 2.36. The maximum atomic E-state index is 12.8. The van der Waals surface area contributed by atoms with Crippen molar-refractivity contribution in [1.29, 1.82) is 0 Å². The standard InChI is InChI=1S/C19H25N3O.C16H20N2O3.C16H18N2O3.C12H13IN2O2.C10H10N2O2.C7H5IN2.C7H6N2/c23-19(22-13-5-7-14-6-1-4-10-18(14)22)12-11-17-15-8-2-3-9-16(15)20-21-17;2*1-11(19)9-10-13-12-7-5-6-8-14(12)18(17-13)15(20)21-16(2,3)4;1-12(2,3)17-11(16)15-9-7-5-4-6-8(9)10(13)14-15;13-10(14)6-5-9-7-3-1-2-4-8(7)11-12-9;8-7-5-3-1-2-4-6(5)9-10-7;1-2-4-7-6(3-1)5-8-9-7/h2-3,8-9,14,18H,1,4-7,10-13H2,(H,20,21);5-8H,9-10H2,1-4H3;5-10H,1-4H3;4-7H,1-3H3;1-4H,5-6H2,(H,11,12)(H,13,14);1-4H,(H,9,10);1-5H,(H,8,9)/b;;10-9+;;;;. The van der Waals surface area contributed by atoms with Crippen LogP contribution in [0.4, 0.5) is 14.4 Å². The van der Waals surface area contributed by atoms with Gasteiger partial charge in [0.2, 0.25) is 5.91 Å². The molecule has 0 radical (unpaired) electrons. The zero-order chi connectivity index (χ0) is 82.6. The van der Waals surface area contributed by atoms with Crippen molar-refractivity contribution >= 4 is 169 Å². The lowest BCUT2D eigenvalue weighted by Gasteiger charge is -2.44. The number of hydrogen-bond donors (Lipinski definition) is 5. The molecule has 0 spiro atoms. The molecule has 5 N–H and O–H groups in total. The first kappa shape index (κ1) is 86.1. The fourth-order valence-corrected chi connectivity index (χ4v) is 14.4. The Labute approximate surface area is 693 Å². The molecular weight excluding hydrogens is 1680 g/mol. The lowest BCUT2D eigenvalue weighted by molar-refractivity contribution is -0.138. The molecule has 16 rings (SSSR count). The Bertz CT molecular complexity index is 5690. The number of likely N-dealkylation sites (tertiary alicyclic amines) is 1. The summed E-state index contributed by atoms with van der Waals surface area (Å²) in [5.41, 5.74) is 7.70. The molecule has 2 atom stereocenters. The summed E-state index contributed by atoms with van der Waals surface area (Å²) in [5, 5.41) is 56.6. The number of hydrogen-bond acceptors (Lipinski definition) is 17. The number of halogens is 2. The number of carboxylic acids is 1. The number of carbonyl (C=O) groups excluding carboxylic acids is 6. The number of ether oxygens (including phenoxy) is 3. The van der Waals surface area contributed by atoms with Gasteiger partial charge in [-0.3, -0.25) is 34.8 Å². The number of carboxylic acid groups (broad SMARTS) is 1. The third kappa shape index (κ3) is 24.4. The molecule has 2 aliphatic rings. The number of aromatic nitrogens is 14. The van der Waals surface area contributed by atoms with E-state index in [0.29, 0.717) is 54.4 Å². The van der Waals surface area contributed by atoms with E-state index in [1.807, 2.05) is 199 Å². The highest BCUT2D eigenvalue weighted by Gasteiger charge is 2.36. The predicted octanol–water partition coefficient (Wildman–Crippen LogP) is 19.2. The molecule has 0 bridgehead atoms. The second kappa shape index (κ2) is 39.7. The van der Waals surface area contributed by atoms with Crippen LogP contribution in [0.5, 0.6) is 0 Å². The van der Waals surface area contributed by atoms with Crippen LogP contribution < -0.4 is 0 Å². The first-order chi connectivity index (χ1) is 54.9. The largest absolute Gasteiger partial charge is 0.481 e. The van der Waals surface area contributed by atoms with Crippen molar-refractivity contribution in [2.45, 2.75) is 176 Å². The van der Waals surface area contributed by atoms with Gasteiger partial charge in [0.05, 0.1) is 62.6 Å². The minimum absolute atomic E-state index is 0.0779. The number of carbonyl (C=O) groups is 7. The number of H-pyrrole nitrogens is 4. The van der Waals surface area contributed by atoms with Crippen molar-refractivity contribution in [3.63, 3.8) is 0 Å². The fourth-order valence-electron chi connectivity index (χ4n) is 13.1. The summed E-state index contributed by atoms with van der Waals surface area (Å²) in [6.07, 6.45) is 13.9. The van der Waals surface area contributed by atoms with Crippen LogP contribution >= 0.6 is 45.2 Å². The Morgan fingerprint density at radius 2 is 0.939 bits per heavy atom. The van der Waals surface area contributed by atoms with Gasteiger partial charge in [-0.15, -0.1) is 0 Å². The van der Waals surface area contributed by atoms with Crippen molar-refractivity contribution < 1.29 is 52.9 Å². The number of para-hydroxylation sites is 7. The normalized spacial score (nSPS) is 14.0. The van der Waals surface area contributed by atoms with E-state index in [9.17, 15) is 33.6 Å². The van der Waals surface area contributed by atoms with Crippen molar-refractivity contribution in [3.8, 4) is 0 Å². The maximum absolute atomic E-state index is 12.8. The highest BCUT2D eigenvalue weighted by atomic mass is 127. The van der Waals surface area contributed by atoms with Gasteiger partial charge in [-0.05, 0) is 220 Å². The second-order valence-corrected chi connectivity index (χ2v) is 32.8. The Morgan fingerprint density at radius 1 is 0.487 bits per heavy atom. The van der Waals surface area contributed by atoms with E-state index in [-0.39, 0.29) is 18.0 Å². The van der Waals surface area contributed by atoms with E-state index in [0.717, 1.165) is 103 Å². The number of benzene rings is 7. The molecule has 7 aromatic heterocycles. The number of Topliss-reactive ketones (excluding diaryl/α,β-unsaturated/α-hetero) is 1. The van der Waals surface area contributed by atoms with E-state index >= 15 is 0 Å². The molecule has 115 heavy (non-hydrogen) atoms. The van der Waals surface area contributed by atoms with Gasteiger partial charge in [-0.2, -0.15) is 49.7 Å². The van der Waals surface area contributed by atoms with E-state index in [1.54, 1.807) is 39.8 Å². The number of aliphatic carboxylic acids is 1. The Balaban J connectivity index is 0.000000145. The SMILES string of the molecule is CC(=O)/C=C/c1nn(C(=O)OC(C)(C)C)c2ccccc12.CC(=O)CCc1nn(C(=O)OC(C)(C)C)c2ccccc12.CC(C)(C)OC(=O)n1nc(I)c2ccccc21.Ic1[nH]nc2ccccc12.O=C(CCc1[nH]nc2ccccc12)N1CCCC2CCCCC21.O=C(O)CCc1[nH]nc2ccccc12.c1ccc2[nH]ncc2c1. The van der Waals surface area contributed by atoms with Crippen LogP contribution in [0, 0.1) is 13.3 Å². The van der Waals surface area contributed by atoms with Gasteiger partial charge in [0.25, 0.3) is 0 Å². The summed E-state index contributed by atoms with van der Waals surface area (Å²) in [7, 11) is 0. The average molecular weight is 1780 g/mol. The van der Waals surface area contributed by atoms with Crippen LogP contribution in [0.3, 0.4) is 0 Å². The number of amides is 1. The number of aryl methyl sites for hydroxylation is 3. The van der Waals surface area contributed by atoms with Crippen LogP contribution in [0.1, 0.15) is 157 Å². The fraction of sp³-hybridized carbons (Fsp3) is 0.333. The summed E-state index contributed by atoms with van der Waals surface area (Å²) in [6, 6.07) is 54.7. The van der Waals surface area contributed by atoms with Gasteiger partial charge >= 0.3 is 24.2 Å². The smallest absolute Gasteiger partial charge is 0.435 e. The van der Waals surface area contributed by atoms with Gasteiger partial charge in [0, 0.05) is 80.9 Å². The molecule has 26 nitrogen and oxygen atoms in total. The summed E-state index contributed by atoms with van der Waals surface area (Å²) < 4.78 is 21.7. The van der Waals surface area contributed by atoms with Crippen LogP contribution in [0.25, 0.3) is 82.4 Å². The van der Waals surface area contributed by atoms with Crippen molar-refractivity contribution in [2.24, 2.45) is 5.92 Å². The van der Waals surface area contributed by atoms with Gasteiger partial charge in [-0.1, -0.05) is 140 Å². The molecule has 1 saturated heterocycles. The van der Waals surface area contributed by atoms with Crippen molar-refractivity contribution in [2.75, 3.05) is 6.54 Å². The van der Waals surface area contributed by atoms with Gasteiger partial charge in [0.1, 0.15) is 30.0 Å². The lowest BCUT2D eigenvalue weighted by atomic mass is 9.78. The zero-order valence-electron chi connectivity index (χ0n) is 66.4. The number of piperidine rings is 1. The quantitative estimate of drug-likeness (QED) is 0.0456. The minimum atomic E-state index is -0.788. The van der Waals surface area contributed by atoms with Crippen LogP contribution in [0.2, 0.25) is 0 Å². The Kier molecular flexibility index (Phi) is 29.7. The summed E-state index contributed by atoms with van der Waals surface area (Å²) in [6.45, 7) is 20.3. The van der Waals surface area contributed by atoms with E-state index in [4.69, 9.17) is 19.3 Å². The summed E-state index contributed by atoms with van der Waals surface area (Å²) in [5.74, 6) is 0.329. The van der Waals surface area contributed by atoms with E-state index in [2.05, 4.69) is 118 Å². The molecule has 1 aliphatic carbocycles. The van der Waals surface area contributed by atoms with Crippen LogP contribution in [-0.4, -0.2) is 151 Å². The van der Waals surface area contributed by atoms with Crippen LogP contribution in [0.15, 0.2) is 182 Å². The van der Waals surface area contributed by atoms with Crippen molar-refractivity contribution in [3.05, 3.63) is 212 Å². The predicted molar refractivity (Wildman–Crippen MR) is 464 cm³/mol. The number of fused-ring (bicyclic) bond motifs is 8. The zero-order valence-corrected chi connectivity index (χ0v) is 70.8. The number of aromatic amines is 4. The number of allylic oxidation sites excluding steroid dienone is 1. The van der Waals surface area contributed by atoms with Gasteiger partial charge in [0.15, 0.2) is 5.78 Å². The molecule has 600 valence electrons. The number of nitrogens with one attached hydrogen (secondary N) is 4. The maximum Gasteiger partial charge on any atom is 0.435 e. The first-order valence-electron chi connectivity index (χ1n) is 38.2. The summed E-state index contributed by atoms with van der Waals surface area (Å²) in [4.78, 5) is 84.0. The number of nitrogens with zero attached hydrogens (tertiary/aromatic N) is 11. The first-order valence-corrected chi connectivity index (χ1v) is 40.3. The van der Waals surface area contributed by atoms with E-state index in [1.165, 1.54) is 71.0 Å². The van der Waals surface area contributed by atoms with Crippen molar-refractivity contribution in [1.82, 2.24) is 75.0 Å². The monoisotopic (exact) mass is 1780 g/mol. The third-order valence-electron chi connectivity index (χ3n) is 18.3. The molecular formula is C87H97I2N15O11. The lowest BCUT2D eigenvalue weighted by Crippen LogP contribution is -2.49. The minimum Gasteiger partial charge on any atom is -0.481 e. The number of ketones is 2. The van der Waals surface area contributed by atoms with E-state index < -0.39 is 41.1 Å². The highest BCUT2D eigenvalue weighted by molar-refractivity contribution is 14.1. The Hall–Kier alpha value is -11.3. The third-order valence-corrected chi connectivity index (χ3v) is 19.9. The second-order valence-electron chi connectivity index (χ2n) is 30.7. The average Bonchev–Trinajstić information content (AvgIpc) is 1.57. The molecule has 2 unspecified atom stereocenters. The molecule has 2 fully saturated rings. The topological polar surface area (TPSA) is 339 Å². The molecule has 7 aromatic carbocycles. The Morgan fingerprint density at radius 3 is 1.49 bits per heavy atom. The molecule has 8 heterocycles. The summed E-state index contributed by atoms with van der Waals surface area (Å²) >= 11 is 4.35. The number of rotatable bonds is 11. The molecule has 1 aliphatic heterocycles. The van der Waals surface area contributed by atoms with Gasteiger partial charge in [-0.25, -0.2) is 14.4 Å². The van der Waals surface area contributed by atoms with Gasteiger partial charge < -0.3 is 29.0 Å².